The summed E-state index contributed by atoms with van der Waals surface area (Å²) >= 11 is 0.613. The zero-order chi connectivity index (χ0) is 13.2. The molecule has 0 saturated carbocycles. The van der Waals surface area contributed by atoms with E-state index in [-0.39, 0.29) is 11.2 Å². The second-order valence-electron chi connectivity index (χ2n) is 4.16. The van der Waals surface area contributed by atoms with Crippen molar-refractivity contribution in [1.29, 1.82) is 0 Å². The van der Waals surface area contributed by atoms with Gasteiger partial charge in [0.1, 0.15) is 4.88 Å². The molecule has 1 atom stereocenters. The van der Waals surface area contributed by atoms with Gasteiger partial charge in [0.15, 0.2) is 5.13 Å². The van der Waals surface area contributed by atoms with Crippen molar-refractivity contribution in [3.63, 3.8) is 0 Å². The van der Waals surface area contributed by atoms with Crippen molar-refractivity contribution in [3.8, 4) is 0 Å². The van der Waals surface area contributed by atoms with Gasteiger partial charge in [-0.3, -0.25) is 0 Å². The number of aromatic nitrogens is 1. The Balaban J connectivity index is 1.85. The van der Waals surface area contributed by atoms with Crippen molar-refractivity contribution in [2.75, 3.05) is 38.6 Å². The number of halogens is 3. The predicted octanol–water partition coefficient (Wildman–Crippen LogP) is 1.90. The summed E-state index contributed by atoms with van der Waals surface area (Å²) in [5, 5.41) is 3.16. The molecule has 1 aliphatic heterocycles. The van der Waals surface area contributed by atoms with Crippen LogP contribution in [0.1, 0.15) is 4.88 Å². The van der Waals surface area contributed by atoms with Gasteiger partial charge in [-0.05, 0) is 7.05 Å². The summed E-state index contributed by atoms with van der Waals surface area (Å²) in [5.74, 6) is 0. The van der Waals surface area contributed by atoms with Crippen LogP contribution >= 0.6 is 11.3 Å². The lowest BCUT2D eigenvalue weighted by Gasteiger charge is -2.29. The Hall–Kier alpha value is -0.860. The van der Waals surface area contributed by atoms with Crippen molar-refractivity contribution in [2.45, 2.75) is 12.3 Å². The molecule has 102 valence electrons. The molecule has 0 aromatic carbocycles. The highest BCUT2D eigenvalue weighted by Crippen LogP contribution is 2.34. The Morgan fingerprint density at radius 3 is 3.00 bits per heavy atom. The Labute approximate surface area is 107 Å². The fourth-order valence-corrected chi connectivity index (χ4v) is 2.37. The first kappa shape index (κ1) is 13.6. The number of likely N-dealkylation sites (N-methyl/N-ethyl adjacent to an activating group) is 1. The molecule has 0 aliphatic carbocycles. The monoisotopic (exact) mass is 281 g/mol. The first-order valence-electron chi connectivity index (χ1n) is 5.52. The van der Waals surface area contributed by atoms with Gasteiger partial charge >= 0.3 is 6.18 Å². The van der Waals surface area contributed by atoms with Gasteiger partial charge in [-0.25, -0.2) is 4.98 Å². The molecule has 2 rings (SSSR count). The summed E-state index contributed by atoms with van der Waals surface area (Å²) < 4.78 is 42.6. The van der Waals surface area contributed by atoms with Crippen molar-refractivity contribution in [2.24, 2.45) is 0 Å². The Morgan fingerprint density at radius 2 is 2.39 bits per heavy atom. The number of hydrogen-bond acceptors (Lipinski definition) is 5. The third kappa shape index (κ3) is 3.56. The molecule has 1 fully saturated rings. The molecule has 1 aliphatic rings. The second kappa shape index (κ2) is 5.41. The summed E-state index contributed by atoms with van der Waals surface area (Å²) in [4.78, 5) is 5.14. The number of nitrogens with one attached hydrogen (secondary N) is 1. The van der Waals surface area contributed by atoms with Crippen molar-refractivity contribution < 1.29 is 17.9 Å². The maximum atomic E-state index is 12.4. The van der Waals surface area contributed by atoms with Crippen LogP contribution in [0.15, 0.2) is 6.20 Å². The summed E-state index contributed by atoms with van der Waals surface area (Å²) in [6, 6.07) is 0. The molecule has 0 amide bonds. The van der Waals surface area contributed by atoms with Crippen LogP contribution < -0.4 is 5.32 Å². The largest absolute Gasteiger partial charge is 0.427 e. The van der Waals surface area contributed by atoms with E-state index in [1.54, 1.807) is 0 Å². The van der Waals surface area contributed by atoms with Crippen molar-refractivity contribution >= 4 is 16.5 Å². The van der Waals surface area contributed by atoms with Crippen LogP contribution in [0.2, 0.25) is 0 Å². The van der Waals surface area contributed by atoms with Crippen LogP contribution in [0.3, 0.4) is 0 Å². The second-order valence-corrected chi connectivity index (χ2v) is 5.19. The fourth-order valence-electron chi connectivity index (χ4n) is 1.68. The zero-order valence-electron chi connectivity index (χ0n) is 9.83. The van der Waals surface area contributed by atoms with Gasteiger partial charge in [-0.15, -0.1) is 0 Å². The van der Waals surface area contributed by atoms with Crippen LogP contribution in [0.4, 0.5) is 18.3 Å². The average molecular weight is 281 g/mol. The maximum absolute atomic E-state index is 12.4. The van der Waals surface area contributed by atoms with Gasteiger partial charge in [0.25, 0.3) is 0 Å². The lowest BCUT2D eigenvalue weighted by Crippen LogP contribution is -2.43. The summed E-state index contributed by atoms with van der Waals surface area (Å²) in [7, 11) is 1.99. The highest BCUT2D eigenvalue weighted by atomic mass is 32.1. The number of anilines is 1. The summed E-state index contributed by atoms with van der Waals surface area (Å²) in [5.41, 5.74) is 0. The number of alkyl halides is 3. The van der Waals surface area contributed by atoms with Crippen LogP contribution in [0.5, 0.6) is 0 Å². The molecular weight excluding hydrogens is 267 g/mol. The molecule has 0 spiro atoms. The number of hydrogen-bond donors (Lipinski definition) is 1. The highest BCUT2D eigenvalue weighted by Gasteiger charge is 2.33. The predicted molar refractivity (Wildman–Crippen MR) is 62.8 cm³/mol. The van der Waals surface area contributed by atoms with Crippen molar-refractivity contribution in [3.05, 3.63) is 11.1 Å². The molecule has 1 aromatic heterocycles. The van der Waals surface area contributed by atoms with Crippen LogP contribution in [-0.4, -0.2) is 49.3 Å². The van der Waals surface area contributed by atoms with Crippen molar-refractivity contribution in [1.82, 2.24) is 9.88 Å². The Bertz CT molecular complexity index is 396. The molecule has 8 heteroatoms. The third-order valence-corrected chi connectivity index (χ3v) is 3.61. The Morgan fingerprint density at radius 1 is 1.61 bits per heavy atom. The van der Waals surface area contributed by atoms with E-state index >= 15 is 0 Å². The lowest BCUT2D eigenvalue weighted by atomic mass is 10.3. The molecular formula is C10H14F3N3OS. The zero-order valence-corrected chi connectivity index (χ0v) is 10.6. The molecule has 1 N–H and O–H groups in total. The standard InChI is InChI=1S/C10H14F3N3OS/c1-16-2-3-17-7(6-16)4-14-9-15-5-8(18-9)10(11,12)13/h5,7H,2-4,6H2,1H3,(H,14,15). The van der Waals surface area contributed by atoms with E-state index in [2.05, 4.69) is 15.2 Å². The van der Waals surface area contributed by atoms with E-state index in [1.165, 1.54) is 0 Å². The number of thiazole rings is 1. The molecule has 18 heavy (non-hydrogen) atoms. The molecule has 1 unspecified atom stereocenters. The minimum absolute atomic E-state index is 0.0120. The minimum atomic E-state index is -4.32. The van der Waals surface area contributed by atoms with Gasteiger partial charge in [0, 0.05) is 19.6 Å². The Kier molecular flexibility index (Phi) is 4.08. The normalized spacial score (nSPS) is 22.1. The molecule has 2 heterocycles. The van der Waals surface area contributed by atoms with E-state index in [1.807, 2.05) is 7.05 Å². The average Bonchev–Trinajstić information content (AvgIpc) is 2.74. The lowest BCUT2D eigenvalue weighted by molar-refractivity contribution is -0.134. The molecule has 1 aromatic rings. The van der Waals surface area contributed by atoms with E-state index in [9.17, 15) is 13.2 Å². The SMILES string of the molecule is CN1CCOC(CNc2ncc(C(F)(F)F)s2)C1. The first-order valence-corrected chi connectivity index (χ1v) is 6.34. The summed E-state index contributed by atoms with van der Waals surface area (Å²) in [6.45, 7) is 2.76. The van der Waals surface area contributed by atoms with Crippen LogP contribution in [0, 0.1) is 0 Å². The quantitative estimate of drug-likeness (QED) is 0.918. The molecule has 1 saturated heterocycles. The highest BCUT2D eigenvalue weighted by molar-refractivity contribution is 7.15. The van der Waals surface area contributed by atoms with Crippen LogP contribution in [-0.2, 0) is 10.9 Å². The van der Waals surface area contributed by atoms with Gasteiger partial charge in [0.05, 0.1) is 18.9 Å². The molecule has 0 radical (unpaired) electrons. The topological polar surface area (TPSA) is 37.4 Å². The van der Waals surface area contributed by atoms with E-state index in [0.717, 1.165) is 19.3 Å². The number of morpholine rings is 1. The van der Waals surface area contributed by atoms with Gasteiger partial charge in [-0.1, -0.05) is 11.3 Å². The van der Waals surface area contributed by atoms with E-state index in [0.29, 0.717) is 24.5 Å². The van der Waals surface area contributed by atoms with Gasteiger partial charge < -0.3 is 15.0 Å². The molecule has 4 nitrogen and oxygen atoms in total. The number of nitrogens with zero attached hydrogens (tertiary/aromatic N) is 2. The van der Waals surface area contributed by atoms with Gasteiger partial charge in [0.2, 0.25) is 0 Å². The fraction of sp³-hybridized carbons (Fsp3) is 0.700. The van der Waals surface area contributed by atoms with E-state index in [4.69, 9.17) is 4.74 Å². The number of ether oxygens (including phenoxy) is 1. The van der Waals surface area contributed by atoms with Crippen LogP contribution in [0.25, 0.3) is 0 Å². The van der Waals surface area contributed by atoms with E-state index < -0.39 is 11.1 Å². The number of rotatable bonds is 3. The minimum Gasteiger partial charge on any atom is -0.374 e. The third-order valence-electron chi connectivity index (χ3n) is 2.61. The first-order chi connectivity index (χ1) is 8.45. The summed E-state index contributed by atoms with van der Waals surface area (Å²) in [6.07, 6.45) is -3.48. The smallest absolute Gasteiger partial charge is 0.374 e. The molecule has 0 bridgehead atoms. The van der Waals surface area contributed by atoms with Gasteiger partial charge in [-0.2, -0.15) is 13.2 Å². The maximum Gasteiger partial charge on any atom is 0.427 e.